The van der Waals surface area contributed by atoms with Gasteiger partial charge in [0, 0.05) is 27.4 Å². The van der Waals surface area contributed by atoms with Crippen molar-refractivity contribution >= 4 is 54.8 Å². The lowest BCUT2D eigenvalue weighted by atomic mass is 9.99. The van der Waals surface area contributed by atoms with Gasteiger partial charge in [-0.1, -0.05) is 103 Å². The predicted octanol–water partition coefficient (Wildman–Crippen LogP) is 11.4. The Balaban J connectivity index is 1.28. The van der Waals surface area contributed by atoms with Crippen molar-refractivity contribution < 1.29 is 4.42 Å². The Bertz CT molecular complexity index is 2780. The lowest BCUT2D eigenvalue weighted by Gasteiger charge is -2.14. The van der Waals surface area contributed by atoms with Gasteiger partial charge < -0.3 is 8.98 Å². The zero-order valence-electron chi connectivity index (χ0n) is 25.3. The summed E-state index contributed by atoms with van der Waals surface area (Å²) in [5.74, 6) is 0.900. The SMILES string of the molecule is c1ccc(-c2nc3ccccc3n2-c2cc(-c3ccc4c(c3)c3ccccc3n4-c3ccccc3)cc3oc4ccccc4c23)cc1. The van der Waals surface area contributed by atoms with E-state index in [0.717, 1.165) is 66.9 Å². The molecule has 3 aromatic heterocycles. The average Bonchev–Trinajstić information content (AvgIpc) is 3.81. The first kappa shape index (κ1) is 25.9. The minimum absolute atomic E-state index is 0.849. The number of aromatic nitrogens is 3. The number of fused-ring (bicyclic) bond motifs is 7. The van der Waals surface area contributed by atoms with Crippen LogP contribution in [0.1, 0.15) is 0 Å². The van der Waals surface area contributed by atoms with E-state index < -0.39 is 0 Å². The van der Waals surface area contributed by atoms with Crippen molar-refractivity contribution in [3.63, 3.8) is 0 Å². The Labute approximate surface area is 270 Å². The molecule has 0 fully saturated rings. The van der Waals surface area contributed by atoms with Crippen molar-refractivity contribution in [2.45, 2.75) is 0 Å². The van der Waals surface area contributed by atoms with Crippen molar-refractivity contribution in [3.05, 3.63) is 164 Å². The minimum Gasteiger partial charge on any atom is -0.456 e. The van der Waals surface area contributed by atoms with E-state index in [1.165, 1.54) is 21.8 Å². The van der Waals surface area contributed by atoms with Crippen LogP contribution in [-0.2, 0) is 0 Å². The van der Waals surface area contributed by atoms with Crippen LogP contribution < -0.4 is 0 Å². The van der Waals surface area contributed by atoms with Crippen LogP contribution in [0.25, 0.3) is 88.7 Å². The lowest BCUT2D eigenvalue weighted by Crippen LogP contribution is -1.99. The fourth-order valence-corrected chi connectivity index (χ4v) is 7.23. The molecule has 0 saturated carbocycles. The molecule has 10 aromatic rings. The van der Waals surface area contributed by atoms with Crippen molar-refractivity contribution in [2.75, 3.05) is 0 Å². The molecule has 0 unspecified atom stereocenters. The minimum atomic E-state index is 0.849. The summed E-state index contributed by atoms with van der Waals surface area (Å²) >= 11 is 0. The van der Waals surface area contributed by atoms with Crippen LogP contribution >= 0.6 is 0 Å². The van der Waals surface area contributed by atoms with Gasteiger partial charge >= 0.3 is 0 Å². The second-order valence-corrected chi connectivity index (χ2v) is 12.0. The zero-order chi connectivity index (χ0) is 30.9. The molecule has 4 heteroatoms. The Hall–Kier alpha value is -6.39. The van der Waals surface area contributed by atoms with E-state index in [4.69, 9.17) is 9.40 Å². The van der Waals surface area contributed by atoms with Gasteiger partial charge in [0.15, 0.2) is 0 Å². The monoisotopic (exact) mass is 601 g/mol. The highest BCUT2D eigenvalue weighted by Gasteiger charge is 2.21. The molecule has 0 amide bonds. The zero-order valence-corrected chi connectivity index (χ0v) is 25.3. The maximum Gasteiger partial charge on any atom is 0.145 e. The Morgan fingerprint density at radius 1 is 0.426 bits per heavy atom. The third-order valence-electron chi connectivity index (χ3n) is 9.31. The van der Waals surface area contributed by atoms with Crippen LogP contribution in [-0.4, -0.2) is 14.1 Å². The van der Waals surface area contributed by atoms with Crippen LogP contribution in [0.5, 0.6) is 0 Å². The number of rotatable bonds is 4. The highest BCUT2D eigenvalue weighted by molar-refractivity contribution is 6.13. The van der Waals surface area contributed by atoms with E-state index in [9.17, 15) is 0 Å². The Kier molecular flexibility index (Phi) is 5.54. The fraction of sp³-hybridized carbons (Fsp3) is 0. The first-order chi connectivity index (χ1) is 23.3. The molecule has 0 N–H and O–H groups in total. The molecule has 0 atom stereocenters. The molecule has 3 heterocycles. The molecule has 0 bridgehead atoms. The van der Waals surface area contributed by atoms with Crippen LogP contribution in [0.4, 0.5) is 0 Å². The summed E-state index contributed by atoms with van der Waals surface area (Å²) < 4.78 is 11.2. The molecule has 220 valence electrons. The molecule has 0 spiro atoms. The van der Waals surface area contributed by atoms with E-state index in [2.05, 4.69) is 155 Å². The molecular weight excluding hydrogens is 574 g/mol. The predicted molar refractivity (Wildman–Crippen MR) is 194 cm³/mol. The summed E-state index contributed by atoms with van der Waals surface area (Å²) in [5.41, 5.74) is 11.6. The average molecular weight is 602 g/mol. The van der Waals surface area contributed by atoms with Gasteiger partial charge in [0.05, 0.1) is 33.1 Å². The van der Waals surface area contributed by atoms with Crippen LogP contribution in [0, 0.1) is 0 Å². The van der Waals surface area contributed by atoms with Gasteiger partial charge in [0.1, 0.15) is 17.0 Å². The Morgan fingerprint density at radius 3 is 1.96 bits per heavy atom. The molecule has 0 aliphatic carbocycles. The maximum atomic E-state index is 6.59. The largest absolute Gasteiger partial charge is 0.456 e. The number of hydrogen-bond acceptors (Lipinski definition) is 2. The van der Waals surface area contributed by atoms with Gasteiger partial charge in [0.25, 0.3) is 0 Å². The molecular formula is C43H27N3O. The highest BCUT2D eigenvalue weighted by Crippen LogP contribution is 2.41. The molecule has 0 aliphatic heterocycles. The molecule has 10 rings (SSSR count). The summed E-state index contributed by atoms with van der Waals surface area (Å²) in [6.07, 6.45) is 0. The molecule has 7 aromatic carbocycles. The van der Waals surface area contributed by atoms with E-state index in [0.29, 0.717) is 0 Å². The maximum absolute atomic E-state index is 6.59. The second-order valence-electron chi connectivity index (χ2n) is 12.0. The number of para-hydroxylation sites is 5. The number of hydrogen-bond donors (Lipinski definition) is 0. The first-order valence-corrected chi connectivity index (χ1v) is 15.9. The van der Waals surface area contributed by atoms with E-state index >= 15 is 0 Å². The van der Waals surface area contributed by atoms with Crippen molar-refractivity contribution in [2.24, 2.45) is 0 Å². The third-order valence-corrected chi connectivity index (χ3v) is 9.31. The number of imidazole rings is 1. The summed E-state index contributed by atoms with van der Waals surface area (Å²) in [6.45, 7) is 0. The van der Waals surface area contributed by atoms with Gasteiger partial charge in [-0.3, -0.25) is 4.57 Å². The number of benzene rings is 7. The summed E-state index contributed by atoms with van der Waals surface area (Å²) in [6, 6.07) is 57.7. The summed E-state index contributed by atoms with van der Waals surface area (Å²) in [5, 5.41) is 4.60. The molecule has 4 nitrogen and oxygen atoms in total. The molecule has 0 radical (unpaired) electrons. The van der Waals surface area contributed by atoms with Crippen molar-refractivity contribution in [1.82, 2.24) is 14.1 Å². The van der Waals surface area contributed by atoms with Crippen molar-refractivity contribution in [3.8, 4) is 33.9 Å². The van der Waals surface area contributed by atoms with Crippen LogP contribution in [0.15, 0.2) is 168 Å². The summed E-state index contributed by atoms with van der Waals surface area (Å²) in [4.78, 5) is 5.17. The fourth-order valence-electron chi connectivity index (χ4n) is 7.23. The molecule has 47 heavy (non-hydrogen) atoms. The lowest BCUT2D eigenvalue weighted by molar-refractivity contribution is 0.669. The molecule has 0 aliphatic rings. The van der Waals surface area contributed by atoms with Crippen LogP contribution in [0.2, 0.25) is 0 Å². The van der Waals surface area contributed by atoms with Crippen LogP contribution in [0.3, 0.4) is 0 Å². The van der Waals surface area contributed by atoms with E-state index in [1.54, 1.807) is 0 Å². The second kappa shape index (κ2) is 10.1. The molecule has 0 saturated heterocycles. The van der Waals surface area contributed by atoms with Crippen molar-refractivity contribution in [1.29, 1.82) is 0 Å². The van der Waals surface area contributed by atoms with Gasteiger partial charge in [-0.15, -0.1) is 0 Å². The quantitative estimate of drug-likeness (QED) is 0.201. The smallest absolute Gasteiger partial charge is 0.145 e. The first-order valence-electron chi connectivity index (χ1n) is 15.9. The standard InChI is InChI=1S/C43H27N3O/c1-3-13-28(14-4-1)43-44-35-19-9-11-21-38(35)46(43)39-26-30(27-41-42(39)33-18-8-12-22-40(33)47-41)29-23-24-37-34(25-29)32-17-7-10-20-36(32)45(37)31-15-5-2-6-16-31/h1-27H. The van der Waals surface area contributed by atoms with Gasteiger partial charge in [0.2, 0.25) is 0 Å². The van der Waals surface area contributed by atoms with Gasteiger partial charge in [-0.2, -0.15) is 0 Å². The Morgan fingerprint density at radius 2 is 1.11 bits per heavy atom. The third kappa shape index (κ3) is 3.92. The topological polar surface area (TPSA) is 35.9 Å². The normalized spacial score (nSPS) is 11.8. The number of nitrogens with zero attached hydrogens (tertiary/aromatic N) is 3. The number of furan rings is 1. The van der Waals surface area contributed by atoms with Gasteiger partial charge in [-0.05, 0) is 71.8 Å². The van der Waals surface area contributed by atoms with E-state index in [1.807, 2.05) is 18.2 Å². The van der Waals surface area contributed by atoms with Gasteiger partial charge in [-0.25, -0.2) is 4.98 Å². The van der Waals surface area contributed by atoms with E-state index in [-0.39, 0.29) is 0 Å². The highest BCUT2D eigenvalue weighted by atomic mass is 16.3. The summed E-state index contributed by atoms with van der Waals surface area (Å²) in [7, 11) is 0.